The van der Waals surface area contributed by atoms with Gasteiger partial charge in [0, 0.05) is 19.3 Å². The van der Waals surface area contributed by atoms with Crippen molar-refractivity contribution in [2.24, 2.45) is 0 Å². The van der Waals surface area contributed by atoms with Crippen LogP contribution in [-0.2, 0) is 4.74 Å². The van der Waals surface area contributed by atoms with Crippen molar-refractivity contribution < 1.29 is 14.6 Å². The van der Waals surface area contributed by atoms with E-state index in [9.17, 15) is 4.79 Å². The molecule has 0 aliphatic rings. The van der Waals surface area contributed by atoms with Gasteiger partial charge >= 0.3 is 5.97 Å². The van der Waals surface area contributed by atoms with Crippen molar-refractivity contribution >= 4 is 11.7 Å². The zero-order chi connectivity index (χ0) is 11.3. The van der Waals surface area contributed by atoms with E-state index in [1.165, 1.54) is 0 Å². The summed E-state index contributed by atoms with van der Waals surface area (Å²) in [4.78, 5) is 10.9. The molecule has 0 heterocycles. The van der Waals surface area contributed by atoms with Crippen LogP contribution in [0.1, 0.15) is 17.3 Å². The summed E-state index contributed by atoms with van der Waals surface area (Å²) in [6.45, 7) is 2.50. The van der Waals surface area contributed by atoms with E-state index in [-0.39, 0.29) is 11.7 Å². The first-order valence-electron chi connectivity index (χ1n) is 4.74. The van der Waals surface area contributed by atoms with Gasteiger partial charge in [0.15, 0.2) is 0 Å². The number of hydrogen-bond acceptors (Lipinski definition) is 3. The lowest BCUT2D eigenvalue weighted by Gasteiger charge is -2.13. The number of ether oxygens (including phenoxy) is 1. The Morgan fingerprint density at radius 3 is 2.80 bits per heavy atom. The molecule has 0 spiro atoms. The standard InChI is InChI=1S/C11H15NO3/c1-8(15-2)7-12-10-6-4-3-5-9(10)11(13)14/h3-6,8,12H,7H2,1-2H3,(H,13,14). The van der Waals surface area contributed by atoms with Crippen molar-refractivity contribution in [1.82, 2.24) is 0 Å². The zero-order valence-corrected chi connectivity index (χ0v) is 8.86. The summed E-state index contributed by atoms with van der Waals surface area (Å²) in [7, 11) is 1.62. The maximum absolute atomic E-state index is 10.9. The van der Waals surface area contributed by atoms with Gasteiger partial charge in [-0.1, -0.05) is 12.1 Å². The number of nitrogens with one attached hydrogen (secondary N) is 1. The van der Waals surface area contributed by atoms with Gasteiger partial charge in [0.1, 0.15) is 0 Å². The number of benzene rings is 1. The second kappa shape index (κ2) is 5.36. The minimum atomic E-state index is -0.928. The average Bonchev–Trinajstić information content (AvgIpc) is 2.26. The Hall–Kier alpha value is -1.55. The van der Waals surface area contributed by atoms with Gasteiger partial charge in [-0.05, 0) is 19.1 Å². The fourth-order valence-corrected chi connectivity index (χ4v) is 1.16. The number of carbonyl (C=O) groups is 1. The van der Waals surface area contributed by atoms with Gasteiger partial charge in [-0.3, -0.25) is 0 Å². The Kier molecular flexibility index (Phi) is 4.12. The summed E-state index contributed by atoms with van der Waals surface area (Å²) < 4.78 is 5.06. The molecule has 1 aromatic rings. The van der Waals surface area contributed by atoms with Crippen molar-refractivity contribution in [2.75, 3.05) is 19.0 Å². The third kappa shape index (κ3) is 3.25. The second-order valence-corrected chi connectivity index (χ2v) is 3.28. The number of carboxylic acids is 1. The van der Waals surface area contributed by atoms with Crippen LogP contribution in [0, 0.1) is 0 Å². The molecule has 2 N–H and O–H groups in total. The monoisotopic (exact) mass is 209 g/mol. The maximum atomic E-state index is 10.9. The average molecular weight is 209 g/mol. The van der Waals surface area contributed by atoms with Gasteiger partial charge in [0.25, 0.3) is 0 Å². The van der Waals surface area contributed by atoms with E-state index < -0.39 is 5.97 Å². The number of hydrogen-bond donors (Lipinski definition) is 2. The largest absolute Gasteiger partial charge is 0.478 e. The van der Waals surface area contributed by atoms with Gasteiger partial charge in [-0.25, -0.2) is 4.79 Å². The molecule has 1 rings (SSSR count). The van der Waals surface area contributed by atoms with Gasteiger partial charge in [0.2, 0.25) is 0 Å². The van der Waals surface area contributed by atoms with E-state index in [2.05, 4.69) is 5.32 Å². The molecule has 0 fully saturated rings. The Morgan fingerprint density at radius 2 is 2.20 bits per heavy atom. The topological polar surface area (TPSA) is 58.6 Å². The van der Waals surface area contributed by atoms with E-state index in [0.29, 0.717) is 12.2 Å². The molecule has 1 aromatic carbocycles. The van der Waals surface area contributed by atoms with E-state index in [1.807, 2.05) is 6.92 Å². The molecule has 0 radical (unpaired) electrons. The number of rotatable bonds is 5. The highest BCUT2D eigenvalue weighted by Gasteiger charge is 2.09. The molecule has 15 heavy (non-hydrogen) atoms. The molecule has 0 aliphatic carbocycles. The molecule has 0 saturated carbocycles. The van der Waals surface area contributed by atoms with Crippen LogP contribution in [0.5, 0.6) is 0 Å². The SMILES string of the molecule is COC(C)CNc1ccccc1C(=O)O. The molecular formula is C11H15NO3. The Bertz CT molecular complexity index is 338. The zero-order valence-electron chi connectivity index (χ0n) is 8.86. The first-order chi connectivity index (χ1) is 7.15. The summed E-state index contributed by atoms with van der Waals surface area (Å²) >= 11 is 0. The van der Waals surface area contributed by atoms with Crippen molar-refractivity contribution in [1.29, 1.82) is 0 Å². The molecular weight excluding hydrogens is 194 g/mol. The predicted octanol–water partition coefficient (Wildman–Crippen LogP) is 1.83. The highest BCUT2D eigenvalue weighted by Crippen LogP contribution is 2.14. The van der Waals surface area contributed by atoms with Crippen LogP contribution in [0.3, 0.4) is 0 Å². The number of aromatic carboxylic acids is 1. The fraction of sp³-hybridized carbons (Fsp3) is 0.364. The minimum Gasteiger partial charge on any atom is -0.478 e. The third-order valence-electron chi connectivity index (χ3n) is 2.14. The van der Waals surface area contributed by atoms with Crippen LogP contribution in [0.2, 0.25) is 0 Å². The van der Waals surface area contributed by atoms with Gasteiger partial charge in [0.05, 0.1) is 11.7 Å². The summed E-state index contributed by atoms with van der Waals surface area (Å²) in [6, 6.07) is 6.81. The fourth-order valence-electron chi connectivity index (χ4n) is 1.16. The quantitative estimate of drug-likeness (QED) is 0.776. The van der Waals surface area contributed by atoms with Crippen LogP contribution in [0.25, 0.3) is 0 Å². The number of methoxy groups -OCH3 is 1. The van der Waals surface area contributed by atoms with Crippen LogP contribution < -0.4 is 5.32 Å². The summed E-state index contributed by atoms with van der Waals surface area (Å²) in [5, 5.41) is 12.0. The molecule has 4 nitrogen and oxygen atoms in total. The van der Waals surface area contributed by atoms with E-state index in [1.54, 1.807) is 31.4 Å². The molecule has 4 heteroatoms. The first-order valence-corrected chi connectivity index (χ1v) is 4.74. The smallest absolute Gasteiger partial charge is 0.337 e. The second-order valence-electron chi connectivity index (χ2n) is 3.28. The Morgan fingerprint density at radius 1 is 1.53 bits per heavy atom. The normalized spacial score (nSPS) is 12.1. The number of anilines is 1. The lowest BCUT2D eigenvalue weighted by molar-refractivity contribution is 0.0697. The molecule has 1 atom stereocenters. The van der Waals surface area contributed by atoms with E-state index in [4.69, 9.17) is 9.84 Å². The molecule has 82 valence electrons. The van der Waals surface area contributed by atoms with Crippen molar-refractivity contribution in [3.8, 4) is 0 Å². The number of para-hydroxylation sites is 1. The molecule has 0 saturated heterocycles. The molecule has 0 bridgehead atoms. The maximum Gasteiger partial charge on any atom is 0.337 e. The van der Waals surface area contributed by atoms with Gasteiger partial charge < -0.3 is 15.2 Å². The molecule has 0 amide bonds. The van der Waals surface area contributed by atoms with E-state index in [0.717, 1.165) is 0 Å². The highest BCUT2D eigenvalue weighted by atomic mass is 16.5. The van der Waals surface area contributed by atoms with Crippen molar-refractivity contribution in [3.63, 3.8) is 0 Å². The van der Waals surface area contributed by atoms with Gasteiger partial charge in [-0.2, -0.15) is 0 Å². The minimum absolute atomic E-state index is 0.0480. The lowest BCUT2D eigenvalue weighted by Crippen LogP contribution is -2.19. The van der Waals surface area contributed by atoms with Crippen LogP contribution >= 0.6 is 0 Å². The van der Waals surface area contributed by atoms with Crippen molar-refractivity contribution in [2.45, 2.75) is 13.0 Å². The number of carboxylic acid groups (broad SMARTS) is 1. The van der Waals surface area contributed by atoms with E-state index >= 15 is 0 Å². The van der Waals surface area contributed by atoms with Gasteiger partial charge in [-0.15, -0.1) is 0 Å². The Labute approximate surface area is 88.9 Å². The van der Waals surface area contributed by atoms with Crippen molar-refractivity contribution in [3.05, 3.63) is 29.8 Å². The summed E-state index contributed by atoms with van der Waals surface area (Å²) in [5.41, 5.74) is 0.898. The molecule has 1 unspecified atom stereocenters. The van der Waals surface area contributed by atoms with Crippen LogP contribution in [0.15, 0.2) is 24.3 Å². The molecule has 0 aliphatic heterocycles. The predicted molar refractivity (Wildman–Crippen MR) is 58.4 cm³/mol. The molecule has 0 aromatic heterocycles. The Balaban J connectivity index is 2.72. The summed E-state index contributed by atoms with van der Waals surface area (Å²) in [6.07, 6.45) is 0.0480. The third-order valence-corrected chi connectivity index (χ3v) is 2.14. The lowest BCUT2D eigenvalue weighted by atomic mass is 10.2. The van der Waals surface area contributed by atoms with Crippen LogP contribution in [-0.4, -0.2) is 30.8 Å². The first kappa shape index (κ1) is 11.5. The van der Waals surface area contributed by atoms with Crippen LogP contribution in [0.4, 0.5) is 5.69 Å². The highest BCUT2D eigenvalue weighted by molar-refractivity contribution is 5.94. The summed E-state index contributed by atoms with van der Waals surface area (Å²) in [5.74, 6) is -0.928.